The Labute approximate surface area is 177 Å². The fourth-order valence-electron chi connectivity index (χ4n) is 3.87. The van der Waals surface area contributed by atoms with Crippen LogP contribution in [0.3, 0.4) is 0 Å². The maximum Gasteiger partial charge on any atom is 0.223 e. The molecule has 4 rings (SSSR count). The van der Waals surface area contributed by atoms with Crippen LogP contribution < -0.4 is 5.73 Å². The van der Waals surface area contributed by atoms with Crippen LogP contribution in [0.2, 0.25) is 0 Å². The predicted octanol–water partition coefficient (Wildman–Crippen LogP) is 2.96. The molecule has 1 atom stereocenters. The molecule has 0 spiro atoms. The maximum absolute atomic E-state index is 6.43. The lowest BCUT2D eigenvalue weighted by molar-refractivity contribution is 0.0192. The van der Waals surface area contributed by atoms with Gasteiger partial charge in [0, 0.05) is 25.2 Å². The summed E-state index contributed by atoms with van der Waals surface area (Å²) in [7, 11) is 0. The van der Waals surface area contributed by atoms with Crippen LogP contribution in [-0.2, 0) is 11.3 Å². The summed E-state index contributed by atoms with van der Waals surface area (Å²) < 4.78 is 9.21. The monoisotopic (exact) mass is 407 g/mol. The van der Waals surface area contributed by atoms with Crippen molar-refractivity contribution in [3.05, 3.63) is 54.2 Å². The second-order valence-electron chi connectivity index (χ2n) is 7.46. The zero-order valence-electron chi connectivity index (χ0n) is 17.8. The summed E-state index contributed by atoms with van der Waals surface area (Å²) in [6.45, 7) is 10.3. The van der Waals surface area contributed by atoms with E-state index in [1.54, 1.807) is 4.68 Å². The van der Waals surface area contributed by atoms with Crippen LogP contribution in [0.4, 0.5) is 5.82 Å². The molecular weight excluding hydrogens is 378 g/mol. The minimum atomic E-state index is 0.131. The standard InChI is InChI=1S/C22H29N7O/c1-4-27-15-24-20(17(3)28-10-12-30-13-11-28)21(27)26-22(23)29-16(2)19(14-25-29)18-8-6-5-7-9-18/h5-9,14-15,17H,4,10-13H2,1-3H3,(H2,23,26). The molecule has 1 aliphatic heterocycles. The number of hydrogen-bond donors (Lipinski definition) is 1. The first-order valence-corrected chi connectivity index (χ1v) is 10.4. The number of rotatable bonds is 5. The van der Waals surface area contributed by atoms with Gasteiger partial charge in [-0.05, 0) is 26.3 Å². The quantitative estimate of drug-likeness (QED) is 0.519. The van der Waals surface area contributed by atoms with Gasteiger partial charge in [-0.15, -0.1) is 0 Å². The van der Waals surface area contributed by atoms with Gasteiger partial charge in [-0.3, -0.25) is 4.90 Å². The van der Waals surface area contributed by atoms with Gasteiger partial charge in [0.05, 0.1) is 37.5 Å². The highest BCUT2D eigenvalue weighted by Gasteiger charge is 2.24. The average Bonchev–Trinajstić information content (AvgIpc) is 3.37. The smallest absolute Gasteiger partial charge is 0.223 e. The van der Waals surface area contributed by atoms with Crippen LogP contribution in [0.25, 0.3) is 11.1 Å². The van der Waals surface area contributed by atoms with Crippen molar-refractivity contribution >= 4 is 11.8 Å². The summed E-state index contributed by atoms with van der Waals surface area (Å²) in [5.74, 6) is 1.12. The van der Waals surface area contributed by atoms with Gasteiger partial charge in [-0.25, -0.2) is 9.67 Å². The maximum atomic E-state index is 6.43. The molecule has 0 amide bonds. The number of hydrogen-bond acceptors (Lipinski definition) is 5. The second kappa shape index (κ2) is 8.81. The highest BCUT2D eigenvalue weighted by atomic mass is 16.5. The van der Waals surface area contributed by atoms with E-state index in [0.29, 0.717) is 5.96 Å². The van der Waals surface area contributed by atoms with Crippen molar-refractivity contribution in [2.75, 3.05) is 26.3 Å². The van der Waals surface area contributed by atoms with E-state index in [2.05, 4.69) is 41.0 Å². The number of nitrogens with zero attached hydrogens (tertiary/aromatic N) is 6. The molecule has 3 aromatic rings. The van der Waals surface area contributed by atoms with Crippen molar-refractivity contribution in [2.45, 2.75) is 33.4 Å². The number of nitrogens with two attached hydrogens (primary N) is 1. The first-order chi connectivity index (χ1) is 14.6. The van der Waals surface area contributed by atoms with Gasteiger partial charge in [0.15, 0.2) is 5.82 Å². The number of imidazole rings is 1. The van der Waals surface area contributed by atoms with Crippen LogP contribution in [0, 0.1) is 6.92 Å². The first kappa shape index (κ1) is 20.3. The number of aromatic nitrogens is 4. The molecule has 1 aromatic carbocycles. The summed E-state index contributed by atoms with van der Waals surface area (Å²) >= 11 is 0. The number of aryl methyl sites for hydroxylation is 1. The highest BCUT2D eigenvalue weighted by molar-refractivity contribution is 5.84. The molecule has 3 heterocycles. The Bertz CT molecular complexity index is 1020. The minimum absolute atomic E-state index is 0.131. The lowest BCUT2D eigenvalue weighted by atomic mass is 10.1. The van der Waals surface area contributed by atoms with Crippen LogP contribution in [-0.4, -0.2) is 56.5 Å². The highest BCUT2D eigenvalue weighted by Crippen LogP contribution is 2.29. The molecule has 1 aliphatic rings. The Morgan fingerprint density at radius 3 is 2.67 bits per heavy atom. The molecule has 1 fully saturated rings. The normalized spacial score (nSPS) is 16.7. The molecule has 158 valence electrons. The van der Waals surface area contributed by atoms with Crippen LogP contribution in [0.1, 0.15) is 31.3 Å². The zero-order chi connectivity index (χ0) is 21.1. The molecule has 0 saturated carbocycles. The van der Waals surface area contributed by atoms with Gasteiger partial charge in [0.2, 0.25) is 5.96 Å². The number of ether oxygens (including phenoxy) is 1. The van der Waals surface area contributed by atoms with Crippen molar-refractivity contribution in [1.82, 2.24) is 24.2 Å². The van der Waals surface area contributed by atoms with E-state index >= 15 is 0 Å². The summed E-state index contributed by atoms with van der Waals surface area (Å²) in [6, 6.07) is 10.3. The SMILES string of the molecule is CCn1cnc(C(C)N2CCOCC2)c1/N=C(\N)n1ncc(-c2ccccc2)c1C. The van der Waals surface area contributed by atoms with E-state index in [0.717, 1.165) is 61.2 Å². The molecule has 0 radical (unpaired) electrons. The molecule has 2 aromatic heterocycles. The molecule has 1 saturated heterocycles. The fraction of sp³-hybridized carbons (Fsp3) is 0.409. The van der Waals surface area contributed by atoms with Crippen LogP contribution >= 0.6 is 0 Å². The van der Waals surface area contributed by atoms with Gasteiger partial charge in [-0.2, -0.15) is 10.1 Å². The zero-order valence-corrected chi connectivity index (χ0v) is 17.8. The summed E-state index contributed by atoms with van der Waals surface area (Å²) in [6.07, 6.45) is 3.67. The number of morpholine rings is 1. The van der Waals surface area contributed by atoms with Gasteiger partial charge in [0.1, 0.15) is 5.69 Å². The third-order valence-electron chi connectivity index (χ3n) is 5.70. The first-order valence-electron chi connectivity index (χ1n) is 10.4. The van der Waals surface area contributed by atoms with Gasteiger partial charge >= 0.3 is 0 Å². The van der Waals surface area contributed by atoms with E-state index in [9.17, 15) is 0 Å². The molecule has 1 unspecified atom stereocenters. The second-order valence-corrected chi connectivity index (χ2v) is 7.46. The van der Waals surface area contributed by atoms with Crippen molar-refractivity contribution < 1.29 is 4.74 Å². The van der Waals surface area contributed by atoms with E-state index in [1.807, 2.05) is 42.2 Å². The number of aliphatic imine (C=N–C) groups is 1. The van der Waals surface area contributed by atoms with E-state index < -0.39 is 0 Å². The van der Waals surface area contributed by atoms with Gasteiger partial charge < -0.3 is 15.0 Å². The molecule has 0 bridgehead atoms. The van der Waals surface area contributed by atoms with Crippen molar-refractivity contribution in [1.29, 1.82) is 0 Å². The Morgan fingerprint density at radius 2 is 1.97 bits per heavy atom. The van der Waals surface area contributed by atoms with E-state index in [-0.39, 0.29) is 6.04 Å². The van der Waals surface area contributed by atoms with Gasteiger partial charge in [0.25, 0.3) is 0 Å². The number of benzene rings is 1. The molecule has 2 N–H and O–H groups in total. The van der Waals surface area contributed by atoms with E-state index in [1.165, 1.54) is 0 Å². The third kappa shape index (κ3) is 3.88. The summed E-state index contributed by atoms with van der Waals surface area (Å²) in [4.78, 5) is 11.8. The van der Waals surface area contributed by atoms with Crippen molar-refractivity contribution in [2.24, 2.45) is 10.7 Å². The van der Waals surface area contributed by atoms with Crippen LogP contribution in [0.5, 0.6) is 0 Å². The van der Waals surface area contributed by atoms with E-state index in [4.69, 9.17) is 15.5 Å². The minimum Gasteiger partial charge on any atom is -0.379 e. The van der Waals surface area contributed by atoms with Crippen LogP contribution in [0.15, 0.2) is 47.8 Å². The molecule has 8 nitrogen and oxygen atoms in total. The third-order valence-corrected chi connectivity index (χ3v) is 5.70. The molecular formula is C22H29N7O. The lowest BCUT2D eigenvalue weighted by Gasteiger charge is -2.31. The van der Waals surface area contributed by atoms with Crippen molar-refractivity contribution in [3.8, 4) is 11.1 Å². The summed E-state index contributed by atoms with van der Waals surface area (Å²) in [5, 5.41) is 4.50. The Kier molecular flexibility index (Phi) is 5.96. The molecule has 30 heavy (non-hydrogen) atoms. The average molecular weight is 408 g/mol. The summed E-state index contributed by atoms with van der Waals surface area (Å²) in [5.41, 5.74) is 10.4. The lowest BCUT2D eigenvalue weighted by Crippen LogP contribution is -2.38. The fourth-order valence-corrected chi connectivity index (χ4v) is 3.87. The van der Waals surface area contributed by atoms with Gasteiger partial charge in [-0.1, -0.05) is 30.3 Å². The Balaban J connectivity index is 1.68. The Morgan fingerprint density at radius 1 is 1.23 bits per heavy atom. The Hall–Kier alpha value is -2.97. The van der Waals surface area contributed by atoms with Crippen molar-refractivity contribution in [3.63, 3.8) is 0 Å². The largest absolute Gasteiger partial charge is 0.379 e. The molecule has 0 aliphatic carbocycles. The topological polar surface area (TPSA) is 86.5 Å². The predicted molar refractivity (Wildman–Crippen MR) is 118 cm³/mol. The molecule has 8 heteroatoms.